The molecule has 1 atom stereocenters. The van der Waals surface area contributed by atoms with Crippen molar-refractivity contribution in [3.05, 3.63) is 63.5 Å². The van der Waals surface area contributed by atoms with Crippen LogP contribution in [0.1, 0.15) is 28.8 Å². The zero-order valence-electron chi connectivity index (χ0n) is 13.0. The highest BCUT2D eigenvalue weighted by atomic mass is 32.1. The Kier molecular flexibility index (Phi) is 4.64. The number of hydrogen-bond acceptors (Lipinski definition) is 5. The molecule has 1 fully saturated rings. The molecule has 0 aliphatic carbocycles. The lowest BCUT2D eigenvalue weighted by atomic mass is 9.84. The van der Waals surface area contributed by atoms with Gasteiger partial charge in [-0.25, -0.2) is 9.86 Å². The Morgan fingerprint density at radius 2 is 2.13 bits per heavy atom. The van der Waals surface area contributed by atoms with Crippen molar-refractivity contribution in [3.63, 3.8) is 0 Å². The molecule has 2 heterocycles. The molecule has 0 amide bonds. The zero-order valence-corrected chi connectivity index (χ0v) is 13.8. The highest BCUT2D eigenvalue weighted by molar-refractivity contribution is 7.10. The van der Waals surface area contributed by atoms with Crippen molar-refractivity contribution in [1.82, 2.24) is 5.06 Å². The van der Waals surface area contributed by atoms with Crippen LogP contribution in [0.3, 0.4) is 0 Å². The second-order valence-corrected chi connectivity index (χ2v) is 6.88. The molecule has 0 saturated carbocycles. The molecule has 1 aliphatic heterocycles. The van der Waals surface area contributed by atoms with Crippen molar-refractivity contribution in [2.24, 2.45) is 0 Å². The first kappa shape index (κ1) is 16.0. The predicted octanol–water partition coefficient (Wildman–Crippen LogP) is 3.19. The molecule has 23 heavy (non-hydrogen) atoms. The lowest BCUT2D eigenvalue weighted by Gasteiger charge is -2.38. The molecule has 120 valence electrons. The van der Waals surface area contributed by atoms with Crippen molar-refractivity contribution in [1.29, 1.82) is 0 Å². The molecular formula is C18H19NO3S. The van der Waals surface area contributed by atoms with Crippen LogP contribution in [-0.2, 0) is 21.8 Å². The standard InChI is InChI=1S/C18H19NO3S/c1-14-17(7-10-23-14)18(21)8-9-19(16(11-18)12-20)22-13-15-5-3-2-4-6-15/h2-7,10,21H,8-9,11,13H2,1H3. The molecule has 2 aromatic rings. The summed E-state index contributed by atoms with van der Waals surface area (Å²) >= 11 is 1.60. The number of benzene rings is 1. The highest BCUT2D eigenvalue weighted by Gasteiger charge is 2.39. The quantitative estimate of drug-likeness (QED) is 0.875. The van der Waals surface area contributed by atoms with E-state index in [4.69, 9.17) is 4.84 Å². The molecular weight excluding hydrogens is 310 g/mol. The Bertz CT molecular complexity index is 721. The number of aryl methyl sites for hydroxylation is 1. The van der Waals surface area contributed by atoms with E-state index in [0.29, 0.717) is 25.3 Å². The van der Waals surface area contributed by atoms with E-state index in [-0.39, 0.29) is 6.42 Å². The minimum atomic E-state index is -1.01. The second-order valence-electron chi connectivity index (χ2n) is 5.76. The molecule has 1 aliphatic rings. The van der Waals surface area contributed by atoms with Gasteiger partial charge in [0.1, 0.15) is 11.6 Å². The number of carbonyl (C=O) groups excluding carboxylic acids is 1. The lowest BCUT2D eigenvalue weighted by molar-refractivity contribution is -0.174. The summed E-state index contributed by atoms with van der Waals surface area (Å²) in [5, 5.41) is 14.5. The highest BCUT2D eigenvalue weighted by Crippen LogP contribution is 2.39. The zero-order chi connectivity index (χ0) is 16.3. The van der Waals surface area contributed by atoms with Gasteiger partial charge in [-0.15, -0.1) is 11.3 Å². The van der Waals surface area contributed by atoms with Crippen LogP contribution in [0.2, 0.25) is 0 Å². The molecule has 4 nitrogen and oxygen atoms in total. The molecule has 0 radical (unpaired) electrons. The van der Waals surface area contributed by atoms with Gasteiger partial charge in [0.15, 0.2) is 0 Å². The largest absolute Gasteiger partial charge is 0.385 e. The Morgan fingerprint density at radius 3 is 2.78 bits per heavy atom. The van der Waals surface area contributed by atoms with E-state index in [1.54, 1.807) is 16.4 Å². The first-order valence-corrected chi connectivity index (χ1v) is 8.46. The lowest BCUT2D eigenvalue weighted by Crippen LogP contribution is -2.41. The summed E-state index contributed by atoms with van der Waals surface area (Å²) in [5.41, 5.74) is 1.29. The van der Waals surface area contributed by atoms with Gasteiger partial charge in [-0.2, -0.15) is 0 Å². The molecule has 1 aromatic carbocycles. The van der Waals surface area contributed by atoms with Gasteiger partial charge in [-0.1, -0.05) is 30.3 Å². The minimum Gasteiger partial charge on any atom is -0.385 e. The van der Waals surface area contributed by atoms with Gasteiger partial charge in [0, 0.05) is 24.3 Å². The third-order valence-electron chi connectivity index (χ3n) is 4.20. The van der Waals surface area contributed by atoms with Crippen LogP contribution in [0.5, 0.6) is 0 Å². The number of rotatable bonds is 4. The summed E-state index contributed by atoms with van der Waals surface area (Å²) in [5.74, 6) is 1.94. The summed E-state index contributed by atoms with van der Waals surface area (Å²) in [7, 11) is 0. The third kappa shape index (κ3) is 3.38. The van der Waals surface area contributed by atoms with E-state index in [1.165, 1.54) is 0 Å². The Morgan fingerprint density at radius 1 is 1.35 bits per heavy atom. The van der Waals surface area contributed by atoms with Crippen molar-refractivity contribution >= 4 is 17.3 Å². The fourth-order valence-electron chi connectivity index (χ4n) is 2.93. The molecule has 0 bridgehead atoms. The predicted molar refractivity (Wildman–Crippen MR) is 89.3 cm³/mol. The number of thiophene rings is 1. The summed E-state index contributed by atoms with van der Waals surface area (Å²) in [6.07, 6.45) is 0.743. The third-order valence-corrected chi connectivity index (χ3v) is 5.04. The van der Waals surface area contributed by atoms with Gasteiger partial charge in [-0.05, 0) is 29.5 Å². The van der Waals surface area contributed by atoms with Gasteiger partial charge in [0.25, 0.3) is 0 Å². The van der Waals surface area contributed by atoms with E-state index in [1.807, 2.05) is 54.6 Å². The Labute approximate surface area is 139 Å². The number of aliphatic hydroxyl groups is 1. The SMILES string of the molecule is Cc1sccc1C1(O)CCN(OCc2ccccc2)C(=C=O)C1. The van der Waals surface area contributed by atoms with Crippen LogP contribution in [0, 0.1) is 6.92 Å². The summed E-state index contributed by atoms with van der Waals surface area (Å²) in [6, 6.07) is 11.7. The van der Waals surface area contributed by atoms with Crippen LogP contribution in [-0.4, -0.2) is 22.7 Å². The number of hydroxylamine groups is 2. The maximum Gasteiger partial charge on any atom is 0.148 e. The van der Waals surface area contributed by atoms with Crippen LogP contribution in [0.4, 0.5) is 0 Å². The first-order valence-electron chi connectivity index (χ1n) is 7.58. The Balaban J connectivity index is 1.70. The smallest absolute Gasteiger partial charge is 0.148 e. The van der Waals surface area contributed by atoms with Crippen LogP contribution in [0.15, 0.2) is 47.5 Å². The summed E-state index contributed by atoms with van der Waals surface area (Å²) < 4.78 is 0. The van der Waals surface area contributed by atoms with Gasteiger partial charge in [0.2, 0.25) is 0 Å². The maximum absolute atomic E-state index is 11.3. The van der Waals surface area contributed by atoms with E-state index < -0.39 is 5.60 Å². The molecule has 3 rings (SSSR count). The molecule has 1 saturated heterocycles. The van der Waals surface area contributed by atoms with Crippen LogP contribution >= 0.6 is 11.3 Å². The van der Waals surface area contributed by atoms with Crippen molar-refractivity contribution < 1.29 is 14.7 Å². The van der Waals surface area contributed by atoms with Crippen molar-refractivity contribution in [2.75, 3.05) is 6.54 Å². The Hall–Kier alpha value is -1.91. The number of nitrogens with zero attached hydrogens (tertiary/aromatic N) is 1. The summed E-state index contributed by atoms with van der Waals surface area (Å²) in [4.78, 5) is 18.2. The topological polar surface area (TPSA) is 49.8 Å². The molecule has 1 aromatic heterocycles. The minimum absolute atomic E-state index is 0.225. The van der Waals surface area contributed by atoms with Gasteiger partial charge >= 0.3 is 0 Å². The molecule has 1 unspecified atom stereocenters. The maximum atomic E-state index is 11.3. The number of hydrogen-bond donors (Lipinski definition) is 1. The first-order chi connectivity index (χ1) is 11.1. The van der Waals surface area contributed by atoms with Crippen LogP contribution in [0.25, 0.3) is 0 Å². The van der Waals surface area contributed by atoms with E-state index in [0.717, 1.165) is 16.0 Å². The number of piperidine rings is 1. The van der Waals surface area contributed by atoms with Gasteiger partial charge in [-0.3, -0.25) is 4.84 Å². The van der Waals surface area contributed by atoms with E-state index in [2.05, 4.69) is 0 Å². The monoisotopic (exact) mass is 329 g/mol. The van der Waals surface area contributed by atoms with Gasteiger partial charge < -0.3 is 5.11 Å². The van der Waals surface area contributed by atoms with E-state index >= 15 is 0 Å². The fraction of sp³-hybridized carbons (Fsp3) is 0.333. The fourth-order valence-corrected chi connectivity index (χ4v) is 3.72. The molecule has 1 N–H and O–H groups in total. The average molecular weight is 329 g/mol. The average Bonchev–Trinajstić information content (AvgIpc) is 3.01. The normalized spacial score (nSPS) is 21.3. The molecule has 5 heteroatoms. The van der Waals surface area contributed by atoms with Crippen molar-refractivity contribution in [2.45, 2.75) is 32.0 Å². The van der Waals surface area contributed by atoms with Gasteiger partial charge in [0.05, 0.1) is 12.2 Å². The van der Waals surface area contributed by atoms with Crippen LogP contribution < -0.4 is 0 Å². The van der Waals surface area contributed by atoms with Crippen molar-refractivity contribution in [3.8, 4) is 0 Å². The second kappa shape index (κ2) is 6.69. The molecule has 0 spiro atoms. The summed E-state index contributed by atoms with van der Waals surface area (Å²) in [6.45, 7) is 2.84. The van der Waals surface area contributed by atoms with E-state index in [9.17, 15) is 9.90 Å².